The molecule has 0 saturated heterocycles. The Hall–Kier alpha value is -1.29. The third-order valence-electron chi connectivity index (χ3n) is 3.08. The van der Waals surface area contributed by atoms with Crippen LogP contribution in [0.15, 0.2) is 34.8 Å². The van der Waals surface area contributed by atoms with Gasteiger partial charge in [0.25, 0.3) is 0 Å². The molecule has 0 aromatic heterocycles. The van der Waals surface area contributed by atoms with E-state index in [1.165, 1.54) is 11.1 Å². The van der Waals surface area contributed by atoms with Crippen LogP contribution in [0.2, 0.25) is 0 Å². The van der Waals surface area contributed by atoms with E-state index in [-0.39, 0.29) is 6.09 Å². The van der Waals surface area contributed by atoms with Crippen molar-refractivity contribution < 1.29 is 9.53 Å². The summed E-state index contributed by atoms with van der Waals surface area (Å²) < 4.78 is 6.46. The highest BCUT2D eigenvalue weighted by Crippen LogP contribution is 2.24. The van der Waals surface area contributed by atoms with E-state index in [0.717, 1.165) is 10.9 Å². The first kappa shape index (κ1) is 15.1. The zero-order chi connectivity index (χ0) is 14.8. The van der Waals surface area contributed by atoms with Gasteiger partial charge in [0.15, 0.2) is 0 Å². The minimum absolute atomic E-state index is 0.233. The van der Waals surface area contributed by atoms with E-state index in [1.54, 1.807) is 4.90 Å². The second kappa shape index (κ2) is 6.00. The maximum absolute atomic E-state index is 12.0. The maximum Gasteiger partial charge on any atom is 0.410 e. The zero-order valence-corrected chi connectivity index (χ0v) is 13.7. The Kier molecular flexibility index (Phi) is 4.53. The topological polar surface area (TPSA) is 29.5 Å². The van der Waals surface area contributed by atoms with Crippen molar-refractivity contribution in [1.82, 2.24) is 4.90 Å². The highest BCUT2D eigenvalue weighted by molar-refractivity contribution is 9.10. The van der Waals surface area contributed by atoms with Crippen LogP contribution < -0.4 is 0 Å². The Morgan fingerprint density at radius 3 is 2.40 bits per heavy atom. The number of nitrogens with zero attached hydrogens (tertiary/aromatic N) is 1. The summed E-state index contributed by atoms with van der Waals surface area (Å²) in [6.07, 6.45) is 2.74. The van der Waals surface area contributed by atoms with Gasteiger partial charge in [-0.3, -0.25) is 0 Å². The fourth-order valence-corrected chi connectivity index (χ4v) is 2.35. The molecule has 4 heteroatoms. The molecule has 1 amide bonds. The summed E-state index contributed by atoms with van der Waals surface area (Å²) in [5, 5.41) is 0. The van der Waals surface area contributed by atoms with E-state index in [1.807, 2.05) is 32.9 Å². The molecule has 108 valence electrons. The predicted molar refractivity (Wildman–Crippen MR) is 84.5 cm³/mol. The smallest absolute Gasteiger partial charge is 0.410 e. The fourth-order valence-electron chi connectivity index (χ4n) is 2.09. The Morgan fingerprint density at radius 1 is 1.25 bits per heavy atom. The maximum atomic E-state index is 12.0. The van der Waals surface area contributed by atoms with Crippen LogP contribution >= 0.6 is 15.9 Å². The first-order valence-electron chi connectivity index (χ1n) is 6.78. The first-order valence-corrected chi connectivity index (χ1v) is 7.57. The normalized spacial score (nSPS) is 15.8. The third kappa shape index (κ3) is 4.10. The van der Waals surface area contributed by atoms with Gasteiger partial charge in [-0.1, -0.05) is 34.1 Å². The minimum atomic E-state index is -0.438. The number of amides is 1. The molecule has 1 aromatic rings. The Labute approximate surface area is 128 Å². The van der Waals surface area contributed by atoms with Crippen molar-refractivity contribution in [3.63, 3.8) is 0 Å². The minimum Gasteiger partial charge on any atom is -0.444 e. The van der Waals surface area contributed by atoms with Crippen molar-refractivity contribution in [3.05, 3.63) is 40.4 Å². The molecule has 0 atom stereocenters. The quantitative estimate of drug-likeness (QED) is 0.756. The van der Waals surface area contributed by atoms with Crippen LogP contribution in [-0.2, 0) is 4.74 Å². The van der Waals surface area contributed by atoms with Crippen LogP contribution in [0.4, 0.5) is 4.79 Å². The van der Waals surface area contributed by atoms with Gasteiger partial charge in [-0.05, 0) is 50.5 Å². The van der Waals surface area contributed by atoms with Gasteiger partial charge in [0.2, 0.25) is 0 Å². The fraction of sp³-hybridized carbons (Fsp3) is 0.438. The first-order chi connectivity index (χ1) is 9.35. The molecule has 1 aromatic carbocycles. The number of hydrogen-bond donors (Lipinski definition) is 0. The average molecular weight is 338 g/mol. The van der Waals surface area contributed by atoms with Crippen LogP contribution in [-0.4, -0.2) is 29.7 Å². The van der Waals surface area contributed by atoms with Crippen molar-refractivity contribution in [2.75, 3.05) is 13.1 Å². The second-order valence-corrected chi connectivity index (χ2v) is 6.83. The predicted octanol–water partition coefficient (Wildman–Crippen LogP) is 4.47. The van der Waals surface area contributed by atoms with Crippen LogP contribution in [0.1, 0.15) is 32.8 Å². The van der Waals surface area contributed by atoms with Crippen LogP contribution in [0, 0.1) is 0 Å². The van der Waals surface area contributed by atoms with Crippen LogP contribution in [0.25, 0.3) is 5.57 Å². The number of hydrogen-bond acceptors (Lipinski definition) is 2. The van der Waals surface area contributed by atoms with Gasteiger partial charge in [-0.15, -0.1) is 0 Å². The number of carbonyl (C=O) groups excluding carboxylic acids is 1. The standard InChI is InChI=1S/C16H20BrNO2/c1-16(2,3)20-15(19)18-10-8-13(9-11-18)12-4-6-14(17)7-5-12/h4-8H,9-11H2,1-3H3. The summed E-state index contributed by atoms with van der Waals surface area (Å²) in [6.45, 7) is 6.98. The molecule has 0 fully saturated rings. The molecule has 0 radical (unpaired) electrons. The lowest BCUT2D eigenvalue weighted by atomic mass is 10.00. The number of halogens is 1. The summed E-state index contributed by atoms with van der Waals surface area (Å²) in [6, 6.07) is 8.27. The summed E-state index contributed by atoms with van der Waals surface area (Å²) in [7, 11) is 0. The zero-order valence-electron chi connectivity index (χ0n) is 12.1. The van der Waals surface area contributed by atoms with Crippen LogP contribution in [0.5, 0.6) is 0 Å². The van der Waals surface area contributed by atoms with Gasteiger partial charge in [-0.2, -0.15) is 0 Å². The van der Waals surface area contributed by atoms with Gasteiger partial charge in [0.05, 0.1) is 0 Å². The van der Waals surface area contributed by atoms with E-state index in [2.05, 4.69) is 34.1 Å². The van der Waals surface area contributed by atoms with Gasteiger partial charge in [-0.25, -0.2) is 4.79 Å². The molecule has 0 aliphatic carbocycles. The number of carbonyl (C=O) groups is 1. The molecule has 0 spiro atoms. The largest absolute Gasteiger partial charge is 0.444 e. The molecule has 1 aliphatic heterocycles. The number of ether oxygens (including phenoxy) is 1. The van der Waals surface area contributed by atoms with E-state index in [9.17, 15) is 4.79 Å². The molecule has 3 nitrogen and oxygen atoms in total. The van der Waals surface area contributed by atoms with Crippen molar-refractivity contribution in [1.29, 1.82) is 0 Å². The van der Waals surface area contributed by atoms with Crippen LogP contribution in [0.3, 0.4) is 0 Å². The van der Waals surface area contributed by atoms with Crippen molar-refractivity contribution in [2.45, 2.75) is 32.8 Å². The Bertz CT molecular complexity index is 514. The molecular weight excluding hydrogens is 318 g/mol. The molecule has 0 unspecified atom stereocenters. The van der Waals surface area contributed by atoms with E-state index >= 15 is 0 Å². The second-order valence-electron chi connectivity index (χ2n) is 5.91. The molecule has 0 N–H and O–H groups in total. The average Bonchev–Trinajstić information content (AvgIpc) is 2.38. The lowest BCUT2D eigenvalue weighted by Gasteiger charge is -2.29. The SMILES string of the molecule is CC(C)(C)OC(=O)N1CC=C(c2ccc(Br)cc2)CC1. The van der Waals surface area contributed by atoms with Crippen molar-refractivity contribution >= 4 is 27.6 Å². The Balaban J connectivity index is 2.00. The summed E-state index contributed by atoms with van der Waals surface area (Å²) in [4.78, 5) is 13.7. The molecule has 0 saturated carbocycles. The van der Waals surface area contributed by atoms with Crippen molar-refractivity contribution in [3.8, 4) is 0 Å². The number of rotatable bonds is 1. The molecular formula is C16H20BrNO2. The van der Waals surface area contributed by atoms with Crippen molar-refractivity contribution in [2.24, 2.45) is 0 Å². The van der Waals surface area contributed by atoms with Gasteiger partial charge >= 0.3 is 6.09 Å². The lowest BCUT2D eigenvalue weighted by molar-refractivity contribution is 0.0270. The third-order valence-corrected chi connectivity index (χ3v) is 3.60. The van der Waals surface area contributed by atoms with Gasteiger partial charge in [0.1, 0.15) is 5.60 Å². The lowest BCUT2D eigenvalue weighted by Crippen LogP contribution is -2.39. The monoisotopic (exact) mass is 337 g/mol. The van der Waals surface area contributed by atoms with E-state index in [4.69, 9.17) is 4.74 Å². The van der Waals surface area contributed by atoms with E-state index < -0.39 is 5.60 Å². The highest BCUT2D eigenvalue weighted by Gasteiger charge is 2.23. The Morgan fingerprint density at radius 2 is 1.90 bits per heavy atom. The summed E-state index contributed by atoms with van der Waals surface area (Å²) >= 11 is 3.44. The van der Waals surface area contributed by atoms with E-state index in [0.29, 0.717) is 13.1 Å². The molecule has 1 heterocycles. The van der Waals surface area contributed by atoms with Gasteiger partial charge < -0.3 is 9.64 Å². The molecule has 0 bridgehead atoms. The molecule has 1 aliphatic rings. The molecule has 2 rings (SSSR count). The van der Waals surface area contributed by atoms with Gasteiger partial charge in [0, 0.05) is 17.6 Å². The summed E-state index contributed by atoms with van der Waals surface area (Å²) in [5.74, 6) is 0. The number of benzene rings is 1. The summed E-state index contributed by atoms with van der Waals surface area (Å²) in [5.41, 5.74) is 2.07. The highest BCUT2D eigenvalue weighted by atomic mass is 79.9. The molecule has 20 heavy (non-hydrogen) atoms.